The van der Waals surface area contributed by atoms with Crippen LogP contribution in [0.5, 0.6) is 11.5 Å². The zero-order chi connectivity index (χ0) is 16.7. The van der Waals surface area contributed by atoms with Gasteiger partial charge in [-0.2, -0.15) is 0 Å². The molecule has 1 N–H and O–H groups in total. The maximum Gasteiger partial charge on any atom is 0.251 e. The molecule has 0 unspecified atom stereocenters. The van der Waals surface area contributed by atoms with Crippen molar-refractivity contribution in [1.29, 1.82) is 0 Å². The number of rotatable bonds is 6. The third kappa shape index (κ3) is 6.02. The van der Waals surface area contributed by atoms with E-state index < -0.39 is 0 Å². The molecule has 0 aliphatic rings. The molecular formula is C19H23NO3. The molecule has 122 valence electrons. The molecule has 2 aromatic rings. The number of carbonyl (C=O) groups excluding carboxylic acids is 1. The Kier molecular flexibility index (Phi) is 5.63. The maximum atomic E-state index is 12.0. The molecule has 0 aliphatic heterocycles. The first-order valence-electron chi connectivity index (χ1n) is 7.67. The van der Waals surface area contributed by atoms with E-state index >= 15 is 0 Å². The minimum absolute atomic E-state index is 0.0866. The van der Waals surface area contributed by atoms with Crippen LogP contribution in [0.25, 0.3) is 0 Å². The summed E-state index contributed by atoms with van der Waals surface area (Å²) in [5.41, 5.74) is 0.369. The van der Waals surface area contributed by atoms with Gasteiger partial charge in [0.1, 0.15) is 24.7 Å². The van der Waals surface area contributed by atoms with Crippen molar-refractivity contribution in [2.45, 2.75) is 26.3 Å². The third-order valence-electron chi connectivity index (χ3n) is 2.97. The lowest BCUT2D eigenvalue weighted by molar-refractivity contribution is 0.0919. The summed E-state index contributed by atoms with van der Waals surface area (Å²) < 4.78 is 11.2. The van der Waals surface area contributed by atoms with E-state index in [1.165, 1.54) is 0 Å². The number of nitrogens with one attached hydrogen (secondary N) is 1. The van der Waals surface area contributed by atoms with Gasteiger partial charge in [-0.15, -0.1) is 0 Å². The molecule has 0 fully saturated rings. The topological polar surface area (TPSA) is 47.6 Å². The van der Waals surface area contributed by atoms with E-state index in [2.05, 4.69) is 5.32 Å². The van der Waals surface area contributed by atoms with Crippen molar-refractivity contribution in [2.24, 2.45) is 0 Å². The Morgan fingerprint density at radius 3 is 1.91 bits per heavy atom. The zero-order valence-corrected chi connectivity index (χ0v) is 13.8. The van der Waals surface area contributed by atoms with Gasteiger partial charge in [0.25, 0.3) is 5.91 Å². The van der Waals surface area contributed by atoms with Crippen LogP contribution < -0.4 is 14.8 Å². The van der Waals surface area contributed by atoms with Crippen molar-refractivity contribution in [3.05, 3.63) is 60.2 Å². The van der Waals surface area contributed by atoms with E-state index in [0.29, 0.717) is 24.5 Å². The van der Waals surface area contributed by atoms with Crippen molar-refractivity contribution in [1.82, 2.24) is 5.32 Å². The second-order valence-corrected chi connectivity index (χ2v) is 6.24. The molecule has 0 saturated heterocycles. The number of ether oxygens (including phenoxy) is 2. The first kappa shape index (κ1) is 16.9. The lowest BCUT2D eigenvalue weighted by Gasteiger charge is -2.20. The number of hydrogen-bond donors (Lipinski definition) is 1. The summed E-state index contributed by atoms with van der Waals surface area (Å²) in [6.45, 7) is 6.78. The molecular weight excluding hydrogens is 290 g/mol. The van der Waals surface area contributed by atoms with Crippen molar-refractivity contribution < 1.29 is 14.3 Å². The summed E-state index contributed by atoms with van der Waals surface area (Å²) in [5.74, 6) is 1.45. The highest BCUT2D eigenvalue weighted by molar-refractivity contribution is 5.94. The summed E-state index contributed by atoms with van der Waals surface area (Å²) in [5, 5.41) is 2.93. The number of amides is 1. The van der Waals surface area contributed by atoms with Crippen molar-refractivity contribution in [3.8, 4) is 11.5 Å². The van der Waals surface area contributed by atoms with Crippen LogP contribution in [0.15, 0.2) is 54.6 Å². The van der Waals surface area contributed by atoms with Gasteiger partial charge in [-0.25, -0.2) is 0 Å². The van der Waals surface area contributed by atoms with E-state index in [0.717, 1.165) is 5.75 Å². The standard InChI is InChI=1S/C19H23NO3/c1-19(2,3)20-18(21)15-9-11-17(12-10-15)23-14-13-22-16-7-5-4-6-8-16/h4-12H,13-14H2,1-3H3,(H,20,21). The van der Waals surface area contributed by atoms with Crippen LogP contribution >= 0.6 is 0 Å². The highest BCUT2D eigenvalue weighted by Gasteiger charge is 2.14. The summed E-state index contributed by atoms with van der Waals surface area (Å²) in [7, 11) is 0. The number of benzene rings is 2. The van der Waals surface area contributed by atoms with Gasteiger partial charge in [0.2, 0.25) is 0 Å². The highest BCUT2D eigenvalue weighted by Crippen LogP contribution is 2.13. The van der Waals surface area contributed by atoms with E-state index in [4.69, 9.17) is 9.47 Å². The molecule has 23 heavy (non-hydrogen) atoms. The Morgan fingerprint density at radius 2 is 1.39 bits per heavy atom. The van der Waals surface area contributed by atoms with Gasteiger partial charge in [0.05, 0.1) is 0 Å². The molecule has 2 aromatic carbocycles. The molecule has 0 heterocycles. The zero-order valence-electron chi connectivity index (χ0n) is 13.8. The second kappa shape index (κ2) is 7.68. The van der Waals surface area contributed by atoms with Crippen LogP contribution in [-0.4, -0.2) is 24.7 Å². The average Bonchev–Trinajstić information content (AvgIpc) is 2.51. The molecule has 0 radical (unpaired) electrons. The van der Waals surface area contributed by atoms with Gasteiger partial charge in [0, 0.05) is 11.1 Å². The minimum Gasteiger partial charge on any atom is -0.490 e. The minimum atomic E-state index is -0.249. The van der Waals surface area contributed by atoms with Gasteiger partial charge >= 0.3 is 0 Å². The quantitative estimate of drug-likeness (QED) is 0.828. The molecule has 2 rings (SSSR count). The number of carbonyl (C=O) groups is 1. The molecule has 0 aliphatic carbocycles. The van der Waals surface area contributed by atoms with Gasteiger partial charge in [-0.1, -0.05) is 18.2 Å². The van der Waals surface area contributed by atoms with E-state index in [9.17, 15) is 4.79 Å². The van der Waals surface area contributed by atoms with Gasteiger partial charge in [-0.3, -0.25) is 4.79 Å². The van der Waals surface area contributed by atoms with Gasteiger partial charge < -0.3 is 14.8 Å². The summed E-state index contributed by atoms with van der Waals surface area (Å²) >= 11 is 0. The maximum absolute atomic E-state index is 12.0. The molecule has 0 spiro atoms. The van der Waals surface area contributed by atoms with Gasteiger partial charge in [-0.05, 0) is 57.2 Å². The first-order chi connectivity index (χ1) is 10.9. The van der Waals surface area contributed by atoms with Crippen LogP contribution in [-0.2, 0) is 0 Å². The molecule has 0 saturated carbocycles. The van der Waals surface area contributed by atoms with Crippen molar-refractivity contribution >= 4 is 5.91 Å². The predicted octanol–water partition coefficient (Wildman–Crippen LogP) is 3.67. The second-order valence-electron chi connectivity index (χ2n) is 6.24. The van der Waals surface area contributed by atoms with Gasteiger partial charge in [0.15, 0.2) is 0 Å². The monoisotopic (exact) mass is 313 g/mol. The smallest absolute Gasteiger partial charge is 0.251 e. The fourth-order valence-electron chi connectivity index (χ4n) is 1.95. The molecule has 4 heteroatoms. The summed E-state index contributed by atoms with van der Waals surface area (Å²) in [6, 6.07) is 16.7. The SMILES string of the molecule is CC(C)(C)NC(=O)c1ccc(OCCOc2ccccc2)cc1. The molecule has 4 nitrogen and oxygen atoms in total. The van der Waals surface area contributed by atoms with Crippen LogP contribution in [0.4, 0.5) is 0 Å². The Balaban J connectivity index is 1.78. The van der Waals surface area contributed by atoms with Crippen molar-refractivity contribution in [3.63, 3.8) is 0 Å². The van der Waals surface area contributed by atoms with Crippen LogP contribution in [0.3, 0.4) is 0 Å². The predicted molar refractivity (Wildman–Crippen MR) is 91.1 cm³/mol. The first-order valence-corrected chi connectivity index (χ1v) is 7.67. The highest BCUT2D eigenvalue weighted by atomic mass is 16.5. The Bertz CT molecular complexity index is 615. The lowest BCUT2D eigenvalue weighted by Crippen LogP contribution is -2.40. The fraction of sp³-hybridized carbons (Fsp3) is 0.316. The van der Waals surface area contributed by atoms with Crippen LogP contribution in [0.2, 0.25) is 0 Å². The van der Waals surface area contributed by atoms with E-state index in [-0.39, 0.29) is 11.4 Å². The van der Waals surface area contributed by atoms with E-state index in [1.807, 2.05) is 51.1 Å². The molecule has 0 aromatic heterocycles. The largest absolute Gasteiger partial charge is 0.490 e. The third-order valence-corrected chi connectivity index (χ3v) is 2.97. The molecule has 0 atom stereocenters. The summed E-state index contributed by atoms with van der Waals surface area (Å²) in [6.07, 6.45) is 0. The van der Waals surface area contributed by atoms with E-state index in [1.54, 1.807) is 24.3 Å². The number of hydrogen-bond acceptors (Lipinski definition) is 3. The number of para-hydroxylation sites is 1. The Labute approximate surface area is 137 Å². The normalized spacial score (nSPS) is 10.9. The summed E-state index contributed by atoms with van der Waals surface area (Å²) in [4.78, 5) is 12.0. The lowest BCUT2D eigenvalue weighted by atomic mass is 10.1. The Morgan fingerprint density at radius 1 is 0.870 bits per heavy atom. The fourth-order valence-corrected chi connectivity index (χ4v) is 1.95. The molecule has 0 bridgehead atoms. The van der Waals surface area contributed by atoms with Crippen molar-refractivity contribution in [2.75, 3.05) is 13.2 Å². The van der Waals surface area contributed by atoms with Crippen LogP contribution in [0, 0.1) is 0 Å². The molecule has 1 amide bonds. The van der Waals surface area contributed by atoms with Crippen LogP contribution in [0.1, 0.15) is 31.1 Å². The Hall–Kier alpha value is -2.49. The average molecular weight is 313 g/mol.